The average Bonchev–Trinajstić information content (AvgIpc) is 3.29. The van der Waals surface area contributed by atoms with Crippen LogP contribution < -0.4 is 20.5 Å². The molecular formula is C24H27N3O6. The van der Waals surface area contributed by atoms with E-state index < -0.39 is 17.9 Å². The van der Waals surface area contributed by atoms with Gasteiger partial charge in [-0.15, -0.1) is 0 Å². The lowest BCUT2D eigenvalue weighted by atomic mass is 9.98. The van der Waals surface area contributed by atoms with Crippen molar-refractivity contribution >= 4 is 17.6 Å². The molecule has 0 bridgehead atoms. The van der Waals surface area contributed by atoms with Crippen LogP contribution in [0.2, 0.25) is 0 Å². The molecule has 174 valence electrons. The summed E-state index contributed by atoms with van der Waals surface area (Å²) in [5.74, 6) is 0.211. The Bertz CT molecular complexity index is 1170. The molecule has 0 aliphatic carbocycles. The number of rotatable bonds is 9. The average molecular weight is 453 g/mol. The number of amides is 1. The molecule has 3 rings (SSSR count). The third-order valence-electron chi connectivity index (χ3n) is 5.45. The molecule has 9 heteroatoms. The van der Waals surface area contributed by atoms with Crippen LogP contribution in [0.25, 0.3) is 22.5 Å². The number of carbonyl (C=O) groups is 2. The first-order valence-electron chi connectivity index (χ1n) is 10.3. The van der Waals surface area contributed by atoms with Crippen molar-refractivity contribution in [1.82, 2.24) is 5.16 Å². The minimum absolute atomic E-state index is 0.0214. The number of carboxylic acid groups (broad SMARTS) is 1. The van der Waals surface area contributed by atoms with Gasteiger partial charge in [0.2, 0.25) is 5.91 Å². The summed E-state index contributed by atoms with van der Waals surface area (Å²) in [6, 6.07) is 8.19. The number of nitrogens with two attached hydrogens (primary N) is 1. The molecule has 0 aliphatic heterocycles. The predicted molar refractivity (Wildman–Crippen MR) is 123 cm³/mol. The predicted octanol–water partition coefficient (Wildman–Crippen LogP) is 3.77. The van der Waals surface area contributed by atoms with Gasteiger partial charge in [-0.2, -0.15) is 0 Å². The van der Waals surface area contributed by atoms with Gasteiger partial charge < -0.3 is 30.2 Å². The van der Waals surface area contributed by atoms with Gasteiger partial charge in [-0.05, 0) is 61.2 Å². The number of carboxylic acids is 1. The second kappa shape index (κ2) is 10.2. The van der Waals surface area contributed by atoms with E-state index in [1.807, 2.05) is 32.0 Å². The Balaban J connectivity index is 1.95. The summed E-state index contributed by atoms with van der Waals surface area (Å²) in [5, 5.41) is 15.5. The molecule has 2 aromatic carbocycles. The first-order chi connectivity index (χ1) is 15.7. The summed E-state index contributed by atoms with van der Waals surface area (Å²) in [4.78, 5) is 23.2. The second-order valence-corrected chi connectivity index (χ2v) is 7.63. The minimum Gasteiger partial charge on any atom is -0.496 e. The van der Waals surface area contributed by atoms with Crippen LogP contribution in [0.5, 0.6) is 11.5 Å². The number of carbonyl (C=O) groups excluding carboxylic acids is 1. The molecule has 1 heterocycles. The molecule has 0 radical (unpaired) electrons. The van der Waals surface area contributed by atoms with Crippen molar-refractivity contribution in [1.29, 1.82) is 0 Å². The lowest BCUT2D eigenvalue weighted by molar-refractivity contribution is -0.137. The number of hydrogen-bond acceptors (Lipinski definition) is 7. The molecule has 1 unspecified atom stereocenters. The van der Waals surface area contributed by atoms with Crippen molar-refractivity contribution in [2.75, 3.05) is 19.5 Å². The van der Waals surface area contributed by atoms with Crippen LogP contribution in [0.15, 0.2) is 41.1 Å². The zero-order valence-corrected chi connectivity index (χ0v) is 19.0. The topological polar surface area (TPSA) is 137 Å². The Hall–Kier alpha value is -3.85. The van der Waals surface area contributed by atoms with E-state index in [4.69, 9.17) is 24.8 Å². The summed E-state index contributed by atoms with van der Waals surface area (Å²) in [7, 11) is 3.10. The maximum Gasteiger partial charge on any atom is 0.303 e. The number of methoxy groups -OCH3 is 2. The van der Waals surface area contributed by atoms with Crippen molar-refractivity contribution in [2.24, 2.45) is 5.73 Å². The van der Waals surface area contributed by atoms with Crippen LogP contribution in [-0.2, 0) is 9.59 Å². The Morgan fingerprint density at radius 1 is 1.12 bits per heavy atom. The van der Waals surface area contributed by atoms with Crippen LogP contribution in [0.1, 0.15) is 24.0 Å². The first kappa shape index (κ1) is 23.8. The zero-order valence-electron chi connectivity index (χ0n) is 19.0. The fourth-order valence-electron chi connectivity index (χ4n) is 3.43. The van der Waals surface area contributed by atoms with Crippen molar-refractivity contribution in [3.8, 4) is 33.9 Å². The van der Waals surface area contributed by atoms with E-state index in [0.29, 0.717) is 22.8 Å². The smallest absolute Gasteiger partial charge is 0.303 e. The molecular weight excluding hydrogens is 426 g/mol. The van der Waals surface area contributed by atoms with Crippen LogP contribution in [0.3, 0.4) is 0 Å². The number of aromatic nitrogens is 1. The number of hydrogen-bond donors (Lipinski definition) is 3. The van der Waals surface area contributed by atoms with Gasteiger partial charge in [-0.1, -0.05) is 11.2 Å². The zero-order chi connectivity index (χ0) is 24.1. The van der Waals surface area contributed by atoms with Gasteiger partial charge in [-0.25, -0.2) is 0 Å². The van der Waals surface area contributed by atoms with E-state index in [1.165, 1.54) is 7.11 Å². The third kappa shape index (κ3) is 5.32. The summed E-state index contributed by atoms with van der Waals surface area (Å²) in [6.45, 7) is 3.98. The first-order valence-corrected chi connectivity index (χ1v) is 10.3. The Morgan fingerprint density at radius 2 is 1.85 bits per heavy atom. The molecule has 33 heavy (non-hydrogen) atoms. The number of ether oxygens (including phenoxy) is 2. The monoisotopic (exact) mass is 453 g/mol. The van der Waals surface area contributed by atoms with Gasteiger partial charge in [-0.3, -0.25) is 9.59 Å². The SMILES string of the molecule is COc1ccc(-c2cnoc2-c2cc(C)c(C)c(OC)c2)cc1NC(=O)C(N)CCC(=O)O. The fraction of sp³-hybridized carbons (Fsp3) is 0.292. The van der Waals surface area contributed by atoms with E-state index in [1.54, 1.807) is 25.4 Å². The van der Waals surface area contributed by atoms with Crippen molar-refractivity contribution < 1.29 is 28.7 Å². The van der Waals surface area contributed by atoms with Gasteiger partial charge in [0, 0.05) is 17.5 Å². The van der Waals surface area contributed by atoms with Crippen molar-refractivity contribution in [3.63, 3.8) is 0 Å². The second-order valence-electron chi connectivity index (χ2n) is 7.63. The highest BCUT2D eigenvalue weighted by Gasteiger charge is 2.20. The number of anilines is 1. The van der Waals surface area contributed by atoms with E-state index in [-0.39, 0.29) is 12.8 Å². The van der Waals surface area contributed by atoms with Crippen LogP contribution in [-0.4, -0.2) is 42.4 Å². The van der Waals surface area contributed by atoms with E-state index in [2.05, 4.69) is 10.5 Å². The highest BCUT2D eigenvalue weighted by Crippen LogP contribution is 2.38. The largest absolute Gasteiger partial charge is 0.496 e. The maximum absolute atomic E-state index is 12.5. The number of aryl methyl sites for hydroxylation is 1. The highest BCUT2D eigenvalue weighted by atomic mass is 16.5. The molecule has 4 N–H and O–H groups in total. The van der Waals surface area contributed by atoms with Gasteiger partial charge in [0.1, 0.15) is 11.5 Å². The number of benzene rings is 2. The summed E-state index contributed by atoms with van der Waals surface area (Å²) < 4.78 is 16.4. The molecule has 3 aromatic rings. The fourth-order valence-corrected chi connectivity index (χ4v) is 3.43. The van der Waals surface area contributed by atoms with E-state index >= 15 is 0 Å². The van der Waals surface area contributed by atoms with Gasteiger partial charge >= 0.3 is 5.97 Å². The quantitative estimate of drug-likeness (QED) is 0.445. The van der Waals surface area contributed by atoms with Crippen molar-refractivity contribution in [2.45, 2.75) is 32.7 Å². The van der Waals surface area contributed by atoms with Crippen LogP contribution >= 0.6 is 0 Å². The molecule has 1 amide bonds. The summed E-state index contributed by atoms with van der Waals surface area (Å²) in [5.41, 5.74) is 10.6. The normalized spacial score (nSPS) is 11.7. The lowest BCUT2D eigenvalue weighted by Crippen LogP contribution is -2.36. The number of nitrogens with zero attached hydrogens (tertiary/aromatic N) is 1. The van der Waals surface area contributed by atoms with E-state index in [9.17, 15) is 9.59 Å². The highest BCUT2D eigenvalue weighted by molar-refractivity contribution is 5.97. The minimum atomic E-state index is -1.01. The Labute approximate surface area is 191 Å². The van der Waals surface area contributed by atoms with Gasteiger partial charge in [0.25, 0.3) is 0 Å². The van der Waals surface area contributed by atoms with E-state index in [0.717, 1.165) is 28.0 Å². The molecule has 1 aromatic heterocycles. The van der Waals surface area contributed by atoms with Gasteiger partial charge in [0.15, 0.2) is 5.76 Å². The Kier molecular flexibility index (Phi) is 7.34. The van der Waals surface area contributed by atoms with Crippen molar-refractivity contribution in [3.05, 3.63) is 47.7 Å². The van der Waals surface area contributed by atoms with Crippen LogP contribution in [0, 0.1) is 13.8 Å². The maximum atomic E-state index is 12.5. The lowest BCUT2D eigenvalue weighted by Gasteiger charge is -2.15. The van der Waals surface area contributed by atoms with Gasteiger partial charge in [0.05, 0.1) is 32.1 Å². The Morgan fingerprint density at radius 3 is 2.52 bits per heavy atom. The molecule has 9 nitrogen and oxygen atoms in total. The third-order valence-corrected chi connectivity index (χ3v) is 5.45. The standard InChI is InChI=1S/C24H27N3O6/c1-13-9-16(11-21(32-4)14(13)2)23-17(12-26-33-23)15-5-7-20(31-3)19(10-15)27-24(30)18(25)6-8-22(28)29/h5,7,9-12,18H,6,8,25H2,1-4H3,(H,27,30)(H,28,29). The number of nitrogens with one attached hydrogen (secondary N) is 1. The van der Waals surface area contributed by atoms with Crippen LogP contribution in [0.4, 0.5) is 5.69 Å². The summed E-state index contributed by atoms with van der Waals surface area (Å²) in [6.07, 6.45) is 1.42. The molecule has 0 fully saturated rings. The molecule has 0 spiro atoms. The molecule has 1 atom stereocenters. The molecule has 0 aliphatic rings. The number of aliphatic carboxylic acids is 1. The summed E-state index contributed by atoms with van der Waals surface area (Å²) >= 11 is 0. The molecule has 0 saturated heterocycles. The molecule has 0 saturated carbocycles.